The zero-order valence-electron chi connectivity index (χ0n) is 29.6. The lowest BCUT2D eigenvalue weighted by Gasteiger charge is -2.29. The molecule has 1 aromatic heterocycles. The molecule has 54 heavy (non-hydrogen) atoms. The SMILES string of the molecule is c1ccc(-c2ccccc2-c2ccccc2-c2ccccc2N(c2cccc(-c3cccc4ccccc34)c2)c2ccc3c(c2)sc2ccccc23)cc1. The highest BCUT2D eigenvalue weighted by atomic mass is 32.1. The van der Waals surface area contributed by atoms with Gasteiger partial charge in [-0.1, -0.05) is 176 Å². The number of hydrogen-bond donors (Lipinski definition) is 0. The van der Waals surface area contributed by atoms with Crippen molar-refractivity contribution in [2.24, 2.45) is 0 Å². The largest absolute Gasteiger partial charge is 0.310 e. The summed E-state index contributed by atoms with van der Waals surface area (Å²) in [4.78, 5) is 2.45. The molecule has 0 saturated heterocycles. The smallest absolute Gasteiger partial charge is 0.0540 e. The minimum absolute atomic E-state index is 1.11. The Morgan fingerprint density at radius 3 is 1.67 bits per heavy atom. The maximum absolute atomic E-state index is 2.45. The zero-order valence-corrected chi connectivity index (χ0v) is 30.4. The number of fused-ring (bicyclic) bond motifs is 4. The molecule has 0 aliphatic carbocycles. The highest BCUT2D eigenvalue weighted by Crippen LogP contribution is 2.47. The molecule has 0 amide bonds. The van der Waals surface area contributed by atoms with Crippen molar-refractivity contribution < 1.29 is 0 Å². The molecule has 0 unspecified atom stereocenters. The van der Waals surface area contributed by atoms with Crippen molar-refractivity contribution in [1.29, 1.82) is 0 Å². The molecule has 0 atom stereocenters. The second-order valence-electron chi connectivity index (χ2n) is 13.7. The molecule has 254 valence electrons. The number of nitrogens with zero attached hydrogens (tertiary/aromatic N) is 1. The normalized spacial score (nSPS) is 11.3. The van der Waals surface area contributed by atoms with E-state index >= 15 is 0 Å². The fourth-order valence-corrected chi connectivity index (χ4v) is 9.15. The Morgan fingerprint density at radius 1 is 0.296 bits per heavy atom. The molecular weight excluding hydrogens is 671 g/mol. The van der Waals surface area contributed by atoms with Gasteiger partial charge in [0.05, 0.1) is 5.69 Å². The summed E-state index contributed by atoms with van der Waals surface area (Å²) in [7, 11) is 0. The molecule has 0 saturated carbocycles. The van der Waals surface area contributed by atoms with Gasteiger partial charge in [0.15, 0.2) is 0 Å². The van der Waals surface area contributed by atoms with Gasteiger partial charge in [0.2, 0.25) is 0 Å². The molecule has 0 radical (unpaired) electrons. The van der Waals surface area contributed by atoms with E-state index < -0.39 is 0 Å². The Labute approximate surface area is 319 Å². The molecule has 0 aliphatic heterocycles. The lowest BCUT2D eigenvalue weighted by Crippen LogP contribution is -2.11. The molecule has 1 heterocycles. The predicted molar refractivity (Wildman–Crippen MR) is 233 cm³/mol. The monoisotopic (exact) mass is 705 g/mol. The number of thiophene rings is 1. The Morgan fingerprint density at radius 2 is 0.833 bits per heavy atom. The van der Waals surface area contributed by atoms with E-state index in [1.54, 1.807) is 0 Å². The summed E-state index contributed by atoms with van der Waals surface area (Å²) in [5, 5.41) is 5.09. The van der Waals surface area contributed by atoms with Gasteiger partial charge in [0, 0.05) is 37.1 Å². The van der Waals surface area contributed by atoms with Crippen LogP contribution in [0.5, 0.6) is 0 Å². The molecule has 1 nitrogen and oxygen atoms in total. The third kappa shape index (κ3) is 5.65. The maximum Gasteiger partial charge on any atom is 0.0540 e. The van der Waals surface area contributed by atoms with Crippen molar-refractivity contribution in [3.8, 4) is 44.5 Å². The number of hydrogen-bond acceptors (Lipinski definition) is 2. The van der Waals surface area contributed by atoms with Crippen LogP contribution in [0, 0.1) is 0 Å². The van der Waals surface area contributed by atoms with Crippen LogP contribution in [0.4, 0.5) is 17.1 Å². The van der Waals surface area contributed by atoms with Crippen LogP contribution < -0.4 is 4.90 Å². The van der Waals surface area contributed by atoms with E-state index in [4.69, 9.17) is 0 Å². The minimum atomic E-state index is 1.11. The molecular formula is C52H35NS. The second kappa shape index (κ2) is 13.7. The van der Waals surface area contributed by atoms with E-state index in [2.05, 4.69) is 217 Å². The van der Waals surface area contributed by atoms with E-state index in [1.165, 1.54) is 75.5 Å². The Kier molecular flexibility index (Phi) is 8.09. The first-order valence-corrected chi connectivity index (χ1v) is 19.2. The quantitative estimate of drug-likeness (QED) is 0.160. The predicted octanol–water partition coefficient (Wildman–Crippen LogP) is 15.3. The standard InChI is InChI=1S/C52H35NS/c1-2-16-36(17-3-1)42-23-6-7-24-44(42)45-25-8-9-26-46(45)47-27-10-12-30-50(47)53(40-32-33-49-48-28-11-13-31-51(48)54-52(49)35-40)39-21-14-20-38(34-39)43-29-15-19-37-18-4-5-22-41(37)43/h1-35H. The number of para-hydroxylation sites is 1. The highest BCUT2D eigenvalue weighted by Gasteiger charge is 2.21. The molecule has 2 heteroatoms. The summed E-state index contributed by atoms with van der Waals surface area (Å²) in [5.41, 5.74) is 13.0. The van der Waals surface area contributed by atoms with E-state index in [-0.39, 0.29) is 0 Å². The average molecular weight is 706 g/mol. The number of benzene rings is 9. The molecule has 0 aliphatic rings. The van der Waals surface area contributed by atoms with Gasteiger partial charge in [-0.15, -0.1) is 11.3 Å². The van der Waals surface area contributed by atoms with E-state index in [1.807, 2.05) is 11.3 Å². The van der Waals surface area contributed by atoms with Crippen LogP contribution in [0.1, 0.15) is 0 Å². The van der Waals surface area contributed by atoms with Crippen molar-refractivity contribution in [3.05, 3.63) is 212 Å². The lowest BCUT2D eigenvalue weighted by atomic mass is 9.88. The fraction of sp³-hybridized carbons (Fsp3) is 0. The summed E-state index contributed by atoms with van der Waals surface area (Å²) in [5.74, 6) is 0. The van der Waals surface area contributed by atoms with Gasteiger partial charge in [-0.3, -0.25) is 0 Å². The van der Waals surface area contributed by atoms with Gasteiger partial charge >= 0.3 is 0 Å². The van der Waals surface area contributed by atoms with Gasteiger partial charge in [-0.25, -0.2) is 0 Å². The summed E-state index contributed by atoms with van der Waals surface area (Å²) in [6, 6.07) is 77.2. The lowest BCUT2D eigenvalue weighted by molar-refractivity contribution is 1.29. The van der Waals surface area contributed by atoms with Crippen LogP contribution in [0.25, 0.3) is 75.5 Å². The first-order chi connectivity index (χ1) is 26.8. The van der Waals surface area contributed by atoms with Crippen molar-refractivity contribution in [2.75, 3.05) is 4.90 Å². The van der Waals surface area contributed by atoms with Crippen molar-refractivity contribution in [3.63, 3.8) is 0 Å². The van der Waals surface area contributed by atoms with Crippen LogP contribution >= 0.6 is 11.3 Å². The third-order valence-electron chi connectivity index (χ3n) is 10.5. The van der Waals surface area contributed by atoms with Crippen LogP contribution in [0.3, 0.4) is 0 Å². The molecule has 9 aromatic carbocycles. The van der Waals surface area contributed by atoms with Gasteiger partial charge in [0.1, 0.15) is 0 Å². The van der Waals surface area contributed by atoms with Crippen LogP contribution in [-0.2, 0) is 0 Å². The summed E-state index contributed by atoms with van der Waals surface area (Å²) in [6.07, 6.45) is 0. The molecule has 0 spiro atoms. The van der Waals surface area contributed by atoms with E-state index in [0.29, 0.717) is 0 Å². The first-order valence-electron chi connectivity index (χ1n) is 18.4. The van der Waals surface area contributed by atoms with E-state index in [9.17, 15) is 0 Å². The topological polar surface area (TPSA) is 3.24 Å². The Hall–Kier alpha value is -6.74. The van der Waals surface area contributed by atoms with E-state index in [0.717, 1.165) is 17.1 Å². The zero-order chi connectivity index (χ0) is 35.8. The van der Waals surface area contributed by atoms with Gasteiger partial charge in [0.25, 0.3) is 0 Å². The van der Waals surface area contributed by atoms with Gasteiger partial charge in [-0.2, -0.15) is 0 Å². The summed E-state index contributed by atoms with van der Waals surface area (Å²) in [6.45, 7) is 0. The van der Waals surface area contributed by atoms with Gasteiger partial charge in [-0.05, 0) is 86.1 Å². The second-order valence-corrected chi connectivity index (χ2v) is 14.7. The van der Waals surface area contributed by atoms with Crippen LogP contribution in [-0.4, -0.2) is 0 Å². The molecule has 10 rings (SSSR count). The van der Waals surface area contributed by atoms with Crippen LogP contribution in [0.2, 0.25) is 0 Å². The van der Waals surface area contributed by atoms with Gasteiger partial charge < -0.3 is 4.90 Å². The summed E-state index contributed by atoms with van der Waals surface area (Å²) < 4.78 is 2.58. The Balaban J connectivity index is 1.20. The minimum Gasteiger partial charge on any atom is -0.310 e. The first kappa shape index (κ1) is 32.0. The molecule has 0 fully saturated rings. The third-order valence-corrected chi connectivity index (χ3v) is 11.6. The number of rotatable bonds is 7. The van der Waals surface area contributed by atoms with Crippen molar-refractivity contribution in [2.45, 2.75) is 0 Å². The van der Waals surface area contributed by atoms with Crippen molar-refractivity contribution in [1.82, 2.24) is 0 Å². The summed E-state index contributed by atoms with van der Waals surface area (Å²) >= 11 is 1.86. The number of anilines is 3. The molecule has 0 N–H and O–H groups in total. The maximum atomic E-state index is 2.45. The molecule has 0 bridgehead atoms. The average Bonchev–Trinajstić information content (AvgIpc) is 3.62. The Bertz CT molecular complexity index is 2950. The van der Waals surface area contributed by atoms with Crippen molar-refractivity contribution >= 4 is 59.3 Å². The molecule has 10 aromatic rings. The van der Waals surface area contributed by atoms with Crippen LogP contribution in [0.15, 0.2) is 212 Å². The fourth-order valence-electron chi connectivity index (χ4n) is 8.01. The highest BCUT2D eigenvalue weighted by molar-refractivity contribution is 7.25.